The molecule has 1 aromatic rings. The number of hydrogen-bond acceptors (Lipinski definition) is 3. The number of aryl methyl sites for hydroxylation is 1. The summed E-state index contributed by atoms with van der Waals surface area (Å²) in [4.78, 5) is 12.4. The molecule has 0 aliphatic heterocycles. The molecular formula is C12H15NO2. The van der Waals surface area contributed by atoms with Gasteiger partial charge in [0.25, 0.3) is 0 Å². The van der Waals surface area contributed by atoms with Crippen LogP contribution in [0.1, 0.15) is 54.6 Å². The number of ketones is 1. The maximum absolute atomic E-state index is 12.4. The molecule has 3 rings (SSSR count). The third-order valence-corrected chi connectivity index (χ3v) is 4.01. The molecule has 0 aromatic carbocycles. The van der Waals surface area contributed by atoms with Gasteiger partial charge in [0.1, 0.15) is 5.76 Å². The lowest BCUT2D eigenvalue weighted by Crippen LogP contribution is -2.37. The number of carbonyl (C=O) groups excluding carboxylic acids is 1. The monoisotopic (exact) mass is 205 g/mol. The van der Waals surface area contributed by atoms with E-state index in [-0.39, 0.29) is 5.41 Å². The van der Waals surface area contributed by atoms with Gasteiger partial charge in [-0.1, -0.05) is 24.4 Å². The van der Waals surface area contributed by atoms with Crippen LogP contribution < -0.4 is 0 Å². The van der Waals surface area contributed by atoms with E-state index in [1.165, 1.54) is 19.3 Å². The fourth-order valence-corrected chi connectivity index (χ4v) is 3.09. The van der Waals surface area contributed by atoms with E-state index >= 15 is 0 Å². The Kier molecular flexibility index (Phi) is 1.94. The highest BCUT2D eigenvalue weighted by molar-refractivity contribution is 6.02. The summed E-state index contributed by atoms with van der Waals surface area (Å²) in [5.41, 5.74) is 0.694. The van der Waals surface area contributed by atoms with Gasteiger partial charge in [-0.25, -0.2) is 0 Å². The van der Waals surface area contributed by atoms with Crippen molar-refractivity contribution in [2.45, 2.75) is 44.9 Å². The van der Waals surface area contributed by atoms with Crippen LogP contribution in [0.2, 0.25) is 0 Å². The van der Waals surface area contributed by atoms with E-state index in [0.29, 0.717) is 5.78 Å². The van der Waals surface area contributed by atoms with Gasteiger partial charge in [-0.2, -0.15) is 0 Å². The number of hydrogen-bond donors (Lipinski definition) is 0. The molecule has 1 spiro atoms. The Hall–Kier alpha value is -1.12. The predicted octanol–water partition coefficient (Wildman–Crippen LogP) is 2.75. The second-order valence-corrected chi connectivity index (χ2v) is 4.83. The number of rotatable bonds is 0. The topological polar surface area (TPSA) is 43.1 Å². The van der Waals surface area contributed by atoms with Crippen LogP contribution in [0.3, 0.4) is 0 Å². The first-order chi connectivity index (χ1) is 7.32. The first-order valence-corrected chi connectivity index (χ1v) is 5.80. The molecule has 0 saturated heterocycles. The number of carbonyl (C=O) groups is 1. The van der Waals surface area contributed by atoms with E-state index in [1.54, 1.807) is 6.20 Å². The molecule has 3 nitrogen and oxygen atoms in total. The maximum atomic E-state index is 12.4. The molecule has 1 heterocycles. The van der Waals surface area contributed by atoms with Crippen LogP contribution in [0, 0.1) is 5.41 Å². The van der Waals surface area contributed by atoms with E-state index in [0.717, 1.165) is 37.0 Å². The Labute approximate surface area is 88.8 Å². The molecule has 3 heteroatoms. The van der Waals surface area contributed by atoms with E-state index < -0.39 is 0 Å². The summed E-state index contributed by atoms with van der Waals surface area (Å²) in [6, 6.07) is 0. The molecule has 15 heavy (non-hydrogen) atoms. The van der Waals surface area contributed by atoms with Gasteiger partial charge < -0.3 is 4.52 Å². The van der Waals surface area contributed by atoms with Crippen molar-refractivity contribution in [3.63, 3.8) is 0 Å². The highest BCUT2D eigenvalue weighted by atomic mass is 16.5. The van der Waals surface area contributed by atoms with Crippen LogP contribution in [0.4, 0.5) is 0 Å². The summed E-state index contributed by atoms with van der Waals surface area (Å²) in [6.45, 7) is 0. The molecule has 0 unspecified atom stereocenters. The Bertz CT molecular complexity index is 388. The molecule has 0 atom stereocenters. The Morgan fingerprint density at radius 1 is 1.20 bits per heavy atom. The van der Waals surface area contributed by atoms with Crippen molar-refractivity contribution in [2.75, 3.05) is 0 Å². The Morgan fingerprint density at radius 2 is 2.00 bits per heavy atom. The summed E-state index contributed by atoms with van der Waals surface area (Å²) in [5.74, 6) is 1.10. The molecule has 0 radical (unpaired) electrons. The van der Waals surface area contributed by atoms with Gasteiger partial charge in [0.05, 0.1) is 11.8 Å². The van der Waals surface area contributed by atoms with Gasteiger partial charge in [-0.3, -0.25) is 4.79 Å². The molecule has 0 N–H and O–H groups in total. The average Bonchev–Trinajstić information content (AvgIpc) is 2.74. The Balaban J connectivity index is 1.98. The first kappa shape index (κ1) is 9.13. The van der Waals surface area contributed by atoms with Gasteiger partial charge in [0.15, 0.2) is 5.78 Å². The van der Waals surface area contributed by atoms with E-state index in [2.05, 4.69) is 5.16 Å². The molecule has 0 bridgehead atoms. The zero-order valence-corrected chi connectivity index (χ0v) is 8.79. The maximum Gasteiger partial charge on any atom is 0.174 e. The van der Waals surface area contributed by atoms with E-state index in [4.69, 9.17) is 4.52 Å². The van der Waals surface area contributed by atoms with Crippen LogP contribution in [0.15, 0.2) is 10.7 Å². The number of aromatic nitrogens is 1. The van der Waals surface area contributed by atoms with Gasteiger partial charge in [0, 0.05) is 11.8 Å². The van der Waals surface area contributed by atoms with Crippen LogP contribution in [-0.2, 0) is 6.42 Å². The molecule has 1 saturated carbocycles. The van der Waals surface area contributed by atoms with Crippen LogP contribution in [0.5, 0.6) is 0 Å². The van der Waals surface area contributed by atoms with E-state index in [9.17, 15) is 4.79 Å². The number of nitrogens with zero attached hydrogens (tertiary/aromatic N) is 1. The van der Waals surface area contributed by atoms with Crippen molar-refractivity contribution < 1.29 is 9.32 Å². The smallest absolute Gasteiger partial charge is 0.174 e. The lowest BCUT2D eigenvalue weighted by Gasteiger charge is -2.37. The third kappa shape index (κ3) is 1.25. The van der Waals surface area contributed by atoms with Gasteiger partial charge >= 0.3 is 0 Å². The van der Waals surface area contributed by atoms with Crippen molar-refractivity contribution in [1.82, 2.24) is 5.16 Å². The molecular weight excluding hydrogens is 190 g/mol. The van der Waals surface area contributed by atoms with Crippen LogP contribution >= 0.6 is 0 Å². The highest BCUT2D eigenvalue weighted by Crippen LogP contribution is 2.45. The molecule has 2 aliphatic carbocycles. The molecule has 1 fully saturated rings. The highest BCUT2D eigenvalue weighted by Gasteiger charge is 2.44. The third-order valence-electron chi connectivity index (χ3n) is 4.01. The van der Waals surface area contributed by atoms with Gasteiger partial charge in [-0.05, 0) is 19.3 Å². The number of Topliss-reactive ketones (excluding diaryl/α,β-unsaturated/α-hetero) is 1. The fourth-order valence-electron chi connectivity index (χ4n) is 3.09. The van der Waals surface area contributed by atoms with Crippen molar-refractivity contribution in [3.05, 3.63) is 17.5 Å². The molecule has 80 valence electrons. The minimum atomic E-state index is -0.0587. The van der Waals surface area contributed by atoms with Crippen molar-refractivity contribution in [2.24, 2.45) is 5.41 Å². The van der Waals surface area contributed by atoms with Gasteiger partial charge in [0.2, 0.25) is 0 Å². The first-order valence-electron chi connectivity index (χ1n) is 5.80. The standard InChI is InChI=1S/C12H15NO2/c14-11-9-8-13-15-10(9)4-7-12(11)5-2-1-3-6-12/h8H,1-7H2. The van der Waals surface area contributed by atoms with Gasteiger partial charge in [-0.15, -0.1) is 0 Å². The Morgan fingerprint density at radius 3 is 2.80 bits per heavy atom. The number of fused-ring (bicyclic) bond motifs is 1. The minimum absolute atomic E-state index is 0.0587. The van der Waals surface area contributed by atoms with E-state index in [1.807, 2.05) is 0 Å². The van der Waals surface area contributed by atoms with Crippen LogP contribution in [0.25, 0.3) is 0 Å². The molecule has 0 amide bonds. The normalized spacial score (nSPS) is 24.1. The fraction of sp³-hybridized carbons (Fsp3) is 0.667. The zero-order chi connectivity index (χ0) is 10.3. The average molecular weight is 205 g/mol. The van der Waals surface area contributed by atoms with Crippen molar-refractivity contribution >= 4 is 5.78 Å². The van der Waals surface area contributed by atoms with Crippen LogP contribution in [-0.4, -0.2) is 10.9 Å². The van der Waals surface area contributed by atoms with Crippen molar-refractivity contribution in [1.29, 1.82) is 0 Å². The second kappa shape index (κ2) is 3.19. The summed E-state index contributed by atoms with van der Waals surface area (Å²) in [5, 5.41) is 3.74. The molecule has 1 aromatic heterocycles. The quantitative estimate of drug-likeness (QED) is 0.654. The van der Waals surface area contributed by atoms with Crippen molar-refractivity contribution in [3.8, 4) is 0 Å². The summed E-state index contributed by atoms with van der Waals surface area (Å²) in [6.07, 6.45) is 9.28. The molecule has 2 aliphatic rings. The summed E-state index contributed by atoms with van der Waals surface area (Å²) in [7, 11) is 0. The lowest BCUT2D eigenvalue weighted by atomic mass is 9.64. The largest absolute Gasteiger partial charge is 0.361 e. The minimum Gasteiger partial charge on any atom is -0.361 e. The predicted molar refractivity (Wildman–Crippen MR) is 54.7 cm³/mol. The lowest BCUT2D eigenvalue weighted by molar-refractivity contribution is 0.0658. The summed E-state index contributed by atoms with van der Waals surface area (Å²) < 4.78 is 5.09. The second-order valence-electron chi connectivity index (χ2n) is 4.83. The SMILES string of the molecule is O=C1c2cnoc2CCC12CCCCC2. The zero-order valence-electron chi connectivity index (χ0n) is 8.79. The summed E-state index contributed by atoms with van der Waals surface area (Å²) >= 11 is 0.